The molecule has 2 atom stereocenters. The van der Waals surface area contributed by atoms with Gasteiger partial charge in [0.25, 0.3) is 0 Å². The van der Waals surface area contributed by atoms with E-state index in [0.717, 1.165) is 12.8 Å². The molecule has 0 spiro atoms. The summed E-state index contributed by atoms with van der Waals surface area (Å²) in [6.07, 6.45) is 6.88. The lowest BCUT2D eigenvalue weighted by atomic mass is 9.96. The van der Waals surface area contributed by atoms with E-state index in [1.807, 2.05) is 0 Å². The lowest BCUT2D eigenvalue weighted by Gasteiger charge is -2.21. The summed E-state index contributed by atoms with van der Waals surface area (Å²) >= 11 is 8.00. The fourth-order valence-electron chi connectivity index (χ4n) is 6.75. The summed E-state index contributed by atoms with van der Waals surface area (Å²) in [5.41, 5.74) is 14.1. The minimum Gasteiger partial charge on any atom is -0.368 e. The van der Waals surface area contributed by atoms with E-state index in [4.69, 9.17) is 0 Å². The van der Waals surface area contributed by atoms with E-state index < -0.39 is 0 Å². The van der Waals surface area contributed by atoms with Crippen LogP contribution in [0.15, 0.2) is 32.2 Å². The van der Waals surface area contributed by atoms with Gasteiger partial charge in [-0.25, -0.2) is 0 Å². The Morgan fingerprint density at radius 1 is 0.667 bits per heavy atom. The zero-order chi connectivity index (χ0) is 25.8. The molecule has 2 aliphatic heterocycles. The van der Waals surface area contributed by atoms with Gasteiger partial charge in [0, 0.05) is 56.9 Å². The minimum atomic E-state index is 0.438. The van der Waals surface area contributed by atoms with Crippen LogP contribution in [-0.4, -0.2) is 26.2 Å². The smallest absolute Gasteiger partial charge is 0.0478 e. The van der Waals surface area contributed by atoms with Crippen LogP contribution in [0.5, 0.6) is 0 Å². The van der Waals surface area contributed by atoms with Gasteiger partial charge in [0.15, 0.2) is 0 Å². The number of rotatable bonds is 3. The van der Waals surface area contributed by atoms with Crippen LogP contribution in [0.25, 0.3) is 34.4 Å². The third-order valence-electron chi connectivity index (χ3n) is 9.48. The molecule has 2 aromatic carbocycles. The third kappa shape index (κ3) is 3.13. The van der Waals surface area contributed by atoms with Gasteiger partial charge in [-0.1, -0.05) is 0 Å². The predicted molar refractivity (Wildman–Crippen MR) is 164 cm³/mol. The second kappa shape index (κ2) is 8.23. The molecule has 0 fully saturated rings. The lowest BCUT2D eigenvalue weighted by Crippen LogP contribution is -2.26. The Hall–Kier alpha value is -2.04. The highest BCUT2D eigenvalue weighted by Gasteiger charge is 2.28. The van der Waals surface area contributed by atoms with Crippen molar-refractivity contribution in [1.82, 2.24) is 0 Å². The molecule has 2 aromatic rings. The Labute approximate surface area is 231 Å². The molecule has 4 heteroatoms. The Morgan fingerprint density at radius 2 is 1.03 bits per heavy atom. The van der Waals surface area contributed by atoms with Gasteiger partial charge >= 0.3 is 0 Å². The maximum atomic E-state index is 4.00. The summed E-state index contributed by atoms with van der Waals surface area (Å²) in [5, 5.41) is 5.58. The van der Waals surface area contributed by atoms with Crippen molar-refractivity contribution in [3.8, 4) is 0 Å². The van der Waals surface area contributed by atoms with Gasteiger partial charge < -0.3 is 9.80 Å². The molecular weight excluding hydrogens is 572 g/mol. The average molecular weight is 606 g/mol. The monoisotopic (exact) mass is 604 g/mol. The van der Waals surface area contributed by atoms with E-state index in [2.05, 4.69) is 122 Å². The van der Waals surface area contributed by atoms with Gasteiger partial charge in [-0.05, 0) is 166 Å². The van der Waals surface area contributed by atoms with E-state index in [-0.39, 0.29) is 0 Å². The van der Waals surface area contributed by atoms with Gasteiger partial charge in [-0.2, -0.15) is 0 Å². The van der Waals surface area contributed by atoms with Crippen LogP contribution in [0.2, 0.25) is 0 Å². The van der Waals surface area contributed by atoms with Crippen molar-refractivity contribution in [2.24, 2.45) is 0 Å². The van der Waals surface area contributed by atoms with Crippen LogP contribution in [0.3, 0.4) is 0 Å². The fourth-order valence-corrected chi connectivity index (χ4v) is 8.44. The van der Waals surface area contributed by atoms with Gasteiger partial charge in [-0.3, -0.25) is 0 Å². The Balaban J connectivity index is 1.47. The second-order valence-corrected chi connectivity index (χ2v) is 12.7. The van der Waals surface area contributed by atoms with Crippen molar-refractivity contribution in [2.45, 2.75) is 66.5 Å². The van der Waals surface area contributed by atoms with Gasteiger partial charge in [-0.15, -0.1) is 0 Å². The molecule has 2 nitrogen and oxygen atoms in total. The number of hydrogen-bond acceptors (Lipinski definition) is 2. The number of halogens is 2. The summed E-state index contributed by atoms with van der Waals surface area (Å²) in [4.78, 5) is 4.84. The number of nitrogens with zero attached hydrogens (tertiary/aromatic N) is 2. The summed E-state index contributed by atoms with van der Waals surface area (Å²) in [6.45, 7) is 13.7. The normalized spacial score (nSPS) is 21.8. The van der Waals surface area contributed by atoms with Crippen molar-refractivity contribution in [3.63, 3.8) is 0 Å². The molecule has 2 aliphatic carbocycles. The topological polar surface area (TPSA) is 6.48 Å². The van der Waals surface area contributed by atoms with Crippen molar-refractivity contribution in [2.75, 3.05) is 23.9 Å². The first-order valence-corrected chi connectivity index (χ1v) is 14.6. The molecule has 2 unspecified atom stereocenters. The Kier molecular flexibility index (Phi) is 5.56. The van der Waals surface area contributed by atoms with Crippen LogP contribution in [0.4, 0.5) is 11.4 Å². The van der Waals surface area contributed by atoms with E-state index in [1.165, 1.54) is 85.8 Å². The summed E-state index contributed by atoms with van der Waals surface area (Å²) in [5.74, 6) is 0. The van der Waals surface area contributed by atoms with Gasteiger partial charge in [0.05, 0.1) is 0 Å². The maximum Gasteiger partial charge on any atom is 0.0478 e. The highest BCUT2D eigenvalue weighted by atomic mass is 79.9. The molecule has 4 aliphatic rings. The molecule has 2 heterocycles. The zero-order valence-corrected chi connectivity index (χ0v) is 25.7. The lowest BCUT2D eigenvalue weighted by molar-refractivity contribution is 0.856. The number of allylic oxidation sites excluding steroid dienone is 2. The molecule has 0 amide bonds. The van der Waals surface area contributed by atoms with Crippen LogP contribution in [-0.2, 0) is 0 Å². The molecular formula is C32H34Br2N2. The third-order valence-corrected chi connectivity index (χ3v) is 11.1. The summed E-state index contributed by atoms with van der Waals surface area (Å²) in [6, 6.07) is 5.76. The maximum absolute atomic E-state index is 4.00. The first-order valence-electron chi connectivity index (χ1n) is 13.0. The first kappa shape index (κ1) is 24.3. The largest absolute Gasteiger partial charge is 0.368 e. The van der Waals surface area contributed by atoms with E-state index in [0.29, 0.717) is 12.1 Å². The van der Waals surface area contributed by atoms with Gasteiger partial charge in [0.1, 0.15) is 0 Å². The highest BCUT2D eigenvalue weighted by molar-refractivity contribution is 9.10. The van der Waals surface area contributed by atoms with Crippen LogP contribution in [0, 0.1) is 0 Å². The van der Waals surface area contributed by atoms with Crippen molar-refractivity contribution in [3.05, 3.63) is 64.2 Å². The van der Waals surface area contributed by atoms with E-state index >= 15 is 0 Å². The molecule has 36 heavy (non-hydrogen) atoms. The van der Waals surface area contributed by atoms with E-state index in [9.17, 15) is 0 Å². The van der Waals surface area contributed by atoms with Crippen molar-refractivity contribution < 1.29 is 0 Å². The SMILES string of the molecule is CC1=Cc2c(Br)c3c(cc2=C1CCC1=c2cc4c(c(Br)c2C=C1C)=C(C)C(C)N4C)N(C)C(C)C=3C. The van der Waals surface area contributed by atoms with Crippen LogP contribution in [0.1, 0.15) is 65.5 Å². The Bertz CT molecular complexity index is 1580. The molecule has 0 saturated heterocycles. The first-order chi connectivity index (χ1) is 17.0. The molecule has 0 radical (unpaired) electrons. The highest BCUT2D eigenvalue weighted by Crippen LogP contribution is 2.36. The van der Waals surface area contributed by atoms with Crippen molar-refractivity contribution in [1.29, 1.82) is 0 Å². The molecule has 186 valence electrons. The standard InChI is InChI=1S/C32H34Br2N2/c1-15-11-25-23(13-27-29(31(25)33)17(3)19(5)35(27)7)21(15)9-10-22-16(2)12-26-24(22)14-28-30(32(26)34)18(4)20(6)36(28)8/h11-14,19-20H,9-10H2,1-8H3. The molecule has 6 rings (SSSR count). The number of benzene rings is 2. The average Bonchev–Trinajstić information content (AvgIpc) is 3.47. The van der Waals surface area contributed by atoms with E-state index in [1.54, 1.807) is 0 Å². The van der Waals surface area contributed by atoms with Crippen molar-refractivity contribution >= 4 is 77.7 Å². The molecule has 0 N–H and O–H groups in total. The second-order valence-electron chi connectivity index (χ2n) is 11.1. The van der Waals surface area contributed by atoms with Gasteiger partial charge in [0.2, 0.25) is 0 Å². The van der Waals surface area contributed by atoms with Crippen LogP contribution >= 0.6 is 31.9 Å². The Morgan fingerprint density at radius 3 is 1.39 bits per heavy atom. The zero-order valence-electron chi connectivity index (χ0n) is 22.5. The molecule has 0 aromatic heterocycles. The minimum absolute atomic E-state index is 0.438. The fraction of sp³-hybridized carbons (Fsp3) is 0.375. The summed E-state index contributed by atoms with van der Waals surface area (Å²) in [7, 11) is 4.45. The molecule has 0 saturated carbocycles. The number of anilines is 2. The number of hydrogen-bond donors (Lipinski definition) is 0. The van der Waals surface area contributed by atoms with Crippen LogP contribution < -0.4 is 30.7 Å². The predicted octanol–water partition coefficient (Wildman–Crippen LogP) is 5.85. The summed E-state index contributed by atoms with van der Waals surface area (Å²) < 4.78 is 2.52. The quantitative estimate of drug-likeness (QED) is 0.433. The number of fused-ring (bicyclic) bond motifs is 4. The molecule has 0 bridgehead atoms.